The third-order valence-electron chi connectivity index (χ3n) is 6.42. The molecule has 1 aliphatic rings. The normalized spacial score (nSPS) is 19.4. The van der Waals surface area contributed by atoms with Crippen LogP contribution in [0.4, 0.5) is 0 Å². The molecule has 0 amide bonds. The number of carbonyl (C=O) groups excluding carboxylic acids is 1. The van der Waals surface area contributed by atoms with Gasteiger partial charge < -0.3 is 24.8 Å². The summed E-state index contributed by atoms with van der Waals surface area (Å²) < 4.78 is 11.2. The summed E-state index contributed by atoms with van der Waals surface area (Å²) in [6.07, 6.45) is 17.2. The number of aliphatic hydroxyl groups is 3. The van der Waals surface area contributed by atoms with E-state index in [4.69, 9.17) is 9.47 Å². The Hall–Kier alpha value is -1.27. The van der Waals surface area contributed by atoms with Crippen molar-refractivity contribution >= 4 is 5.97 Å². The van der Waals surface area contributed by atoms with Crippen molar-refractivity contribution < 1.29 is 29.6 Å². The fourth-order valence-corrected chi connectivity index (χ4v) is 4.37. The van der Waals surface area contributed by atoms with Gasteiger partial charge in [0.1, 0.15) is 6.10 Å². The summed E-state index contributed by atoms with van der Waals surface area (Å²) in [6, 6.07) is 0. The maximum Gasteiger partial charge on any atom is 0.378 e. The number of carbonyl (C=O) groups is 1. The second-order valence-electron chi connectivity index (χ2n) is 9.20. The van der Waals surface area contributed by atoms with Crippen LogP contribution in [0.25, 0.3) is 0 Å². The Morgan fingerprint density at radius 1 is 0.812 bits per heavy atom. The van der Waals surface area contributed by atoms with Crippen LogP contribution in [0, 0.1) is 0 Å². The van der Waals surface area contributed by atoms with Crippen LogP contribution in [0.3, 0.4) is 0 Å². The number of unbranched alkanes of at least 4 members (excludes halogenated alkanes) is 14. The van der Waals surface area contributed by atoms with Crippen molar-refractivity contribution in [3.8, 4) is 0 Å². The molecule has 0 unspecified atom stereocenters. The minimum atomic E-state index is -1.49. The molecule has 0 saturated carbocycles. The quantitative estimate of drug-likeness (QED) is 0.143. The highest BCUT2D eigenvalue weighted by atomic mass is 16.6. The van der Waals surface area contributed by atoms with Gasteiger partial charge in [-0.15, -0.1) is 0 Å². The van der Waals surface area contributed by atoms with E-state index in [1.54, 1.807) is 0 Å². The Morgan fingerprint density at radius 2 is 1.28 bits per heavy atom. The molecule has 32 heavy (non-hydrogen) atoms. The molecule has 1 heterocycles. The number of cyclic esters (lactones) is 1. The first-order chi connectivity index (χ1) is 15.5. The third kappa shape index (κ3) is 9.70. The van der Waals surface area contributed by atoms with Gasteiger partial charge in [0.05, 0.1) is 13.2 Å². The minimum absolute atomic E-state index is 0.00599. The number of esters is 1. The Bertz CT molecular complexity index is 532. The number of ether oxygens (including phenoxy) is 2. The van der Waals surface area contributed by atoms with Crippen LogP contribution in [0.2, 0.25) is 0 Å². The van der Waals surface area contributed by atoms with Gasteiger partial charge in [-0.05, 0) is 19.3 Å². The molecule has 0 aromatic heterocycles. The van der Waals surface area contributed by atoms with Gasteiger partial charge in [0.15, 0.2) is 5.76 Å². The van der Waals surface area contributed by atoms with E-state index >= 15 is 0 Å². The van der Waals surface area contributed by atoms with E-state index in [1.165, 1.54) is 64.2 Å². The fraction of sp³-hybridized carbons (Fsp3) is 0.885. The molecule has 0 saturated heterocycles. The predicted molar refractivity (Wildman–Crippen MR) is 127 cm³/mol. The molecule has 3 N–H and O–H groups in total. The van der Waals surface area contributed by atoms with Gasteiger partial charge in [-0.1, -0.05) is 104 Å². The topological polar surface area (TPSA) is 96.2 Å². The van der Waals surface area contributed by atoms with Crippen molar-refractivity contribution in [2.45, 2.75) is 135 Å². The highest BCUT2D eigenvalue weighted by molar-refractivity contribution is 5.90. The van der Waals surface area contributed by atoms with Gasteiger partial charge in [-0.3, -0.25) is 0 Å². The van der Waals surface area contributed by atoms with Crippen LogP contribution >= 0.6 is 0 Å². The van der Waals surface area contributed by atoms with Crippen LogP contribution in [-0.2, 0) is 14.3 Å². The molecule has 0 aliphatic carbocycles. The second-order valence-corrected chi connectivity index (χ2v) is 9.20. The average Bonchev–Trinajstić information content (AvgIpc) is 3.04. The number of hydrogen-bond acceptors (Lipinski definition) is 6. The smallest absolute Gasteiger partial charge is 0.378 e. The summed E-state index contributed by atoms with van der Waals surface area (Å²) in [4.78, 5) is 12.1. The molecule has 0 radical (unpaired) electrons. The standard InChI is InChI=1S/C26H48O6/c1-3-5-7-9-11-12-13-14-15-17-19-26(22(28)21-27)24(23(29)25(30)32-26)31-20-18-16-10-8-6-4-2/h22,27-29H,3-21H2,1-2H3/t22-,26+/m0/s1. The highest BCUT2D eigenvalue weighted by Crippen LogP contribution is 2.40. The molecule has 188 valence electrons. The first-order valence-corrected chi connectivity index (χ1v) is 13.1. The van der Waals surface area contributed by atoms with Crippen LogP contribution in [-0.4, -0.2) is 46.2 Å². The molecule has 0 aromatic carbocycles. The molecule has 0 fully saturated rings. The Kier molecular flexibility index (Phi) is 15.5. The van der Waals surface area contributed by atoms with E-state index < -0.39 is 30.0 Å². The maximum atomic E-state index is 12.1. The van der Waals surface area contributed by atoms with E-state index in [1.807, 2.05) is 0 Å². The first kappa shape index (κ1) is 28.8. The molecule has 6 nitrogen and oxygen atoms in total. The molecule has 0 aromatic rings. The minimum Gasteiger partial charge on any atom is -0.499 e. The first-order valence-electron chi connectivity index (χ1n) is 13.1. The zero-order valence-corrected chi connectivity index (χ0v) is 20.6. The lowest BCUT2D eigenvalue weighted by Gasteiger charge is -2.33. The van der Waals surface area contributed by atoms with Crippen molar-refractivity contribution in [1.29, 1.82) is 0 Å². The molecule has 2 atom stereocenters. The fourth-order valence-electron chi connectivity index (χ4n) is 4.37. The van der Waals surface area contributed by atoms with E-state index in [0.717, 1.165) is 38.5 Å². The molecular formula is C26H48O6. The molecular weight excluding hydrogens is 408 g/mol. The van der Waals surface area contributed by atoms with Crippen LogP contribution in [0.15, 0.2) is 11.5 Å². The van der Waals surface area contributed by atoms with Crippen molar-refractivity contribution in [3.63, 3.8) is 0 Å². The van der Waals surface area contributed by atoms with E-state index in [2.05, 4.69) is 13.8 Å². The third-order valence-corrected chi connectivity index (χ3v) is 6.42. The Morgan fingerprint density at radius 3 is 1.78 bits per heavy atom. The SMILES string of the molecule is CCCCCCCCCCCC[C@]1([C@@H](O)CO)OC(=O)C(O)=C1OCCCCCCCC. The number of rotatable bonds is 21. The predicted octanol–water partition coefficient (Wildman–Crippen LogP) is 6.09. The summed E-state index contributed by atoms with van der Waals surface area (Å²) in [5, 5.41) is 30.4. The van der Waals surface area contributed by atoms with E-state index in [9.17, 15) is 20.1 Å². The van der Waals surface area contributed by atoms with Gasteiger partial charge in [-0.25, -0.2) is 4.79 Å². The monoisotopic (exact) mass is 456 g/mol. The lowest BCUT2D eigenvalue weighted by Crippen LogP contribution is -2.47. The molecule has 6 heteroatoms. The number of aliphatic hydroxyl groups excluding tert-OH is 3. The van der Waals surface area contributed by atoms with Crippen molar-refractivity contribution in [2.24, 2.45) is 0 Å². The Labute approximate surface area is 195 Å². The summed E-state index contributed by atoms with van der Waals surface area (Å²) in [5.41, 5.74) is -1.49. The highest BCUT2D eigenvalue weighted by Gasteiger charge is 2.54. The maximum absolute atomic E-state index is 12.1. The summed E-state index contributed by atoms with van der Waals surface area (Å²) in [5.74, 6) is -1.47. The summed E-state index contributed by atoms with van der Waals surface area (Å²) in [6.45, 7) is 4.18. The lowest BCUT2D eigenvalue weighted by molar-refractivity contribution is -0.166. The molecule has 1 aliphatic heterocycles. The van der Waals surface area contributed by atoms with Crippen molar-refractivity contribution in [3.05, 3.63) is 11.5 Å². The molecule has 0 bridgehead atoms. The van der Waals surface area contributed by atoms with Crippen LogP contribution in [0.5, 0.6) is 0 Å². The zero-order chi connectivity index (χ0) is 23.7. The Balaban J connectivity index is 2.49. The van der Waals surface area contributed by atoms with Crippen LogP contribution < -0.4 is 0 Å². The van der Waals surface area contributed by atoms with Gasteiger partial charge in [0.25, 0.3) is 0 Å². The summed E-state index contributed by atoms with van der Waals surface area (Å²) >= 11 is 0. The van der Waals surface area contributed by atoms with Gasteiger partial charge in [0.2, 0.25) is 11.4 Å². The van der Waals surface area contributed by atoms with Gasteiger partial charge >= 0.3 is 5.97 Å². The average molecular weight is 457 g/mol. The molecule has 1 rings (SSSR count). The van der Waals surface area contributed by atoms with Gasteiger partial charge in [0, 0.05) is 0 Å². The van der Waals surface area contributed by atoms with Crippen LogP contribution in [0.1, 0.15) is 123 Å². The number of hydrogen-bond donors (Lipinski definition) is 3. The largest absolute Gasteiger partial charge is 0.499 e. The van der Waals surface area contributed by atoms with Crippen molar-refractivity contribution in [1.82, 2.24) is 0 Å². The van der Waals surface area contributed by atoms with E-state index in [-0.39, 0.29) is 5.76 Å². The second kappa shape index (κ2) is 17.2. The van der Waals surface area contributed by atoms with Crippen molar-refractivity contribution in [2.75, 3.05) is 13.2 Å². The molecule has 0 spiro atoms. The summed E-state index contributed by atoms with van der Waals surface area (Å²) in [7, 11) is 0. The zero-order valence-electron chi connectivity index (χ0n) is 20.6. The van der Waals surface area contributed by atoms with Gasteiger partial charge in [-0.2, -0.15) is 0 Å². The van der Waals surface area contributed by atoms with E-state index in [0.29, 0.717) is 13.0 Å². The lowest BCUT2D eigenvalue weighted by atomic mass is 9.88.